The van der Waals surface area contributed by atoms with E-state index in [2.05, 4.69) is 34.4 Å². The number of carbonyl (C=O) groups is 1. The fourth-order valence-corrected chi connectivity index (χ4v) is 6.13. The lowest BCUT2D eigenvalue weighted by Crippen LogP contribution is -2.31. The van der Waals surface area contributed by atoms with E-state index in [1.165, 1.54) is 16.7 Å². The third-order valence-electron chi connectivity index (χ3n) is 7.97. The summed E-state index contributed by atoms with van der Waals surface area (Å²) in [5, 5.41) is 13.5. The summed E-state index contributed by atoms with van der Waals surface area (Å²) in [5.41, 5.74) is 6.34. The molecule has 0 bridgehead atoms. The minimum atomic E-state index is -0.831. The van der Waals surface area contributed by atoms with Crippen molar-refractivity contribution in [1.29, 1.82) is 0 Å². The standard InChI is InChI=1S/C29H32ClN5O3/c1-29(12-26(36)37)17-35(25-6-4-3-5-22(25)29)27-23(30)13-31-28(33-27)32-24-11-21-14-34(2)8-7-19(21)10-20(24)9-18-15-38-16-18/h3-6,10-11,13,18H,7-9,12,14-17H2,1-2H3,(H,36,37)(H,31,32,33). The van der Waals surface area contributed by atoms with Crippen molar-refractivity contribution in [3.8, 4) is 0 Å². The maximum absolute atomic E-state index is 11.7. The van der Waals surface area contributed by atoms with Crippen molar-refractivity contribution >= 4 is 40.7 Å². The Morgan fingerprint density at radius 2 is 2.08 bits per heavy atom. The SMILES string of the molecule is CN1CCc2cc(CC3COC3)c(Nc3ncc(Cl)c(N4CC(C)(CC(=O)O)c5ccccc54)n3)cc2C1. The highest BCUT2D eigenvalue weighted by molar-refractivity contribution is 6.33. The van der Waals surface area contributed by atoms with Crippen molar-refractivity contribution in [2.24, 2.45) is 5.92 Å². The van der Waals surface area contributed by atoms with E-state index in [0.29, 0.717) is 29.3 Å². The van der Waals surface area contributed by atoms with Crippen molar-refractivity contribution in [3.63, 3.8) is 0 Å². The van der Waals surface area contributed by atoms with Crippen LogP contribution in [0.15, 0.2) is 42.6 Å². The van der Waals surface area contributed by atoms with E-state index in [1.807, 2.05) is 36.1 Å². The van der Waals surface area contributed by atoms with Gasteiger partial charge in [0.05, 0.1) is 25.8 Å². The molecule has 38 heavy (non-hydrogen) atoms. The quantitative estimate of drug-likeness (QED) is 0.441. The summed E-state index contributed by atoms with van der Waals surface area (Å²) in [6, 6.07) is 12.5. The third-order valence-corrected chi connectivity index (χ3v) is 8.23. The van der Waals surface area contributed by atoms with E-state index in [0.717, 1.165) is 56.1 Å². The van der Waals surface area contributed by atoms with E-state index < -0.39 is 11.4 Å². The fraction of sp³-hybridized carbons (Fsp3) is 0.414. The number of ether oxygens (including phenoxy) is 1. The average Bonchev–Trinajstić information content (AvgIpc) is 3.14. The number of fused-ring (bicyclic) bond motifs is 2. The van der Waals surface area contributed by atoms with Crippen molar-refractivity contribution in [2.75, 3.05) is 43.6 Å². The highest BCUT2D eigenvalue weighted by atomic mass is 35.5. The normalized spacial score (nSPS) is 21.1. The summed E-state index contributed by atoms with van der Waals surface area (Å²) in [4.78, 5) is 25.4. The van der Waals surface area contributed by atoms with Crippen LogP contribution in [0.2, 0.25) is 5.02 Å². The van der Waals surface area contributed by atoms with E-state index in [-0.39, 0.29) is 6.42 Å². The number of nitrogens with zero attached hydrogens (tertiary/aromatic N) is 4. The highest BCUT2D eigenvalue weighted by Crippen LogP contribution is 2.47. The van der Waals surface area contributed by atoms with Crippen LogP contribution in [0.25, 0.3) is 0 Å². The molecule has 3 aliphatic rings. The predicted molar refractivity (Wildman–Crippen MR) is 148 cm³/mol. The highest BCUT2D eigenvalue weighted by Gasteiger charge is 2.42. The fourth-order valence-electron chi connectivity index (χ4n) is 5.94. The van der Waals surface area contributed by atoms with Gasteiger partial charge in [-0.05, 0) is 54.3 Å². The number of carboxylic acid groups (broad SMARTS) is 1. The second kappa shape index (κ2) is 9.84. The van der Waals surface area contributed by atoms with Crippen LogP contribution in [0.3, 0.4) is 0 Å². The van der Waals surface area contributed by atoms with Gasteiger partial charge in [-0.15, -0.1) is 0 Å². The number of benzene rings is 2. The molecule has 1 saturated heterocycles. The number of aliphatic carboxylic acids is 1. The zero-order chi connectivity index (χ0) is 26.4. The van der Waals surface area contributed by atoms with E-state index in [1.54, 1.807) is 6.20 Å². The Labute approximate surface area is 227 Å². The van der Waals surface area contributed by atoms with Crippen LogP contribution >= 0.6 is 11.6 Å². The molecule has 6 rings (SSSR count). The number of nitrogens with one attached hydrogen (secondary N) is 1. The molecular formula is C29H32ClN5O3. The minimum Gasteiger partial charge on any atom is -0.481 e. The van der Waals surface area contributed by atoms with Crippen LogP contribution in [0.1, 0.15) is 35.6 Å². The lowest BCUT2D eigenvalue weighted by molar-refractivity contribution is -0.138. The number of anilines is 4. The Hall–Kier alpha value is -3.20. The lowest BCUT2D eigenvalue weighted by Gasteiger charge is -2.30. The molecule has 198 valence electrons. The maximum atomic E-state index is 11.7. The van der Waals surface area contributed by atoms with Crippen molar-refractivity contribution in [1.82, 2.24) is 14.9 Å². The Balaban J connectivity index is 1.35. The number of likely N-dealkylation sites (N-methyl/N-ethyl adjacent to an activating group) is 1. The molecule has 2 aromatic carbocycles. The summed E-state index contributed by atoms with van der Waals surface area (Å²) < 4.78 is 5.44. The molecule has 3 aliphatic heterocycles. The first-order chi connectivity index (χ1) is 18.3. The smallest absolute Gasteiger partial charge is 0.304 e. The van der Waals surface area contributed by atoms with Crippen LogP contribution < -0.4 is 10.2 Å². The van der Waals surface area contributed by atoms with Gasteiger partial charge in [0.2, 0.25) is 5.95 Å². The van der Waals surface area contributed by atoms with Gasteiger partial charge in [0.15, 0.2) is 5.82 Å². The topological polar surface area (TPSA) is 90.8 Å². The first-order valence-electron chi connectivity index (χ1n) is 13.1. The number of carboxylic acids is 1. The molecule has 1 atom stereocenters. The molecule has 1 fully saturated rings. The van der Waals surface area contributed by atoms with Crippen molar-refractivity contribution in [2.45, 2.75) is 38.1 Å². The Morgan fingerprint density at radius 1 is 1.26 bits per heavy atom. The van der Waals surface area contributed by atoms with Crippen LogP contribution in [0, 0.1) is 5.92 Å². The maximum Gasteiger partial charge on any atom is 0.304 e. The molecule has 2 N–H and O–H groups in total. The first kappa shape index (κ1) is 25.1. The molecule has 0 spiro atoms. The number of rotatable bonds is 7. The molecule has 8 nitrogen and oxygen atoms in total. The van der Waals surface area contributed by atoms with Gasteiger partial charge >= 0.3 is 5.97 Å². The van der Waals surface area contributed by atoms with Crippen molar-refractivity contribution < 1.29 is 14.6 Å². The van der Waals surface area contributed by atoms with Gasteiger partial charge in [0.1, 0.15) is 5.02 Å². The van der Waals surface area contributed by atoms with Crippen LogP contribution in [0.4, 0.5) is 23.1 Å². The Morgan fingerprint density at radius 3 is 2.84 bits per heavy atom. The molecule has 0 amide bonds. The average molecular weight is 534 g/mol. The van der Waals surface area contributed by atoms with Crippen LogP contribution in [0.5, 0.6) is 0 Å². The van der Waals surface area contributed by atoms with E-state index in [9.17, 15) is 9.90 Å². The molecule has 9 heteroatoms. The molecule has 3 aromatic rings. The monoisotopic (exact) mass is 533 g/mol. The molecule has 0 saturated carbocycles. The molecular weight excluding hydrogens is 502 g/mol. The van der Waals surface area contributed by atoms with Crippen LogP contribution in [-0.4, -0.2) is 59.3 Å². The van der Waals surface area contributed by atoms with Gasteiger partial charge in [-0.2, -0.15) is 4.98 Å². The number of halogens is 1. The molecule has 0 radical (unpaired) electrons. The zero-order valence-corrected chi connectivity index (χ0v) is 22.5. The second-order valence-corrected chi connectivity index (χ2v) is 11.5. The van der Waals surface area contributed by atoms with Gasteiger partial charge in [0, 0.05) is 42.3 Å². The summed E-state index contributed by atoms with van der Waals surface area (Å²) in [7, 11) is 2.15. The lowest BCUT2D eigenvalue weighted by atomic mass is 9.81. The third kappa shape index (κ3) is 4.72. The summed E-state index contributed by atoms with van der Waals surface area (Å²) in [5.74, 6) is 0.721. The zero-order valence-electron chi connectivity index (χ0n) is 21.7. The molecule has 1 aromatic heterocycles. The summed E-state index contributed by atoms with van der Waals surface area (Å²) in [6.07, 6.45) is 3.63. The van der Waals surface area contributed by atoms with E-state index in [4.69, 9.17) is 21.3 Å². The van der Waals surface area contributed by atoms with Crippen LogP contribution in [-0.2, 0) is 34.3 Å². The largest absolute Gasteiger partial charge is 0.481 e. The molecule has 0 aliphatic carbocycles. The van der Waals surface area contributed by atoms with Gasteiger partial charge in [-0.1, -0.05) is 42.8 Å². The van der Waals surface area contributed by atoms with Gasteiger partial charge in [-0.3, -0.25) is 4.79 Å². The Kier molecular flexibility index (Phi) is 6.50. The number of para-hydroxylation sites is 1. The molecule has 4 heterocycles. The number of hydrogen-bond donors (Lipinski definition) is 2. The van der Waals surface area contributed by atoms with Gasteiger partial charge < -0.3 is 25.0 Å². The first-order valence-corrected chi connectivity index (χ1v) is 13.5. The second-order valence-electron chi connectivity index (χ2n) is 11.1. The van der Waals surface area contributed by atoms with Gasteiger partial charge in [0.25, 0.3) is 0 Å². The van der Waals surface area contributed by atoms with Gasteiger partial charge in [-0.25, -0.2) is 4.98 Å². The summed E-state index contributed by atoms with van der Waals surface area (Å²) >= 11 is 6.65. The van der Waals surface area contributed by atoms with Crippen molar-refractivity contribution in [3.05, 3.63) is 69.9 Å². The number of hydrogen-bond acceptors (Lipinski definition) is 7. The minimum absolute atomic E-state index is 0.0200. The Bertz CT molecular complexity index is 1390. The summed E-state index contributed by atoms with van der Waals surface area (Å²) in [6.45, 7) is 6.01. The number of aromatic nitrogens is 2. The molecule has 1 unspecified atom stereocenters. The predicted octanol–water partition coefficient (Wildman–Crippen LogP) is 4.93. The van der Waals surface area contributed by atoms with E-state index >= 15 is 0 Å².